The van der Waals surface area contributed by atoms with Gasteiger partial charge in [-0.05, 0) is 38.8 Å². The highest BCUT2D eigenvalue weighted by Gasteiger charge is 2.34. The molecule has 5 rings (SSSR count). The summed E-state index contributed by atoms with van der Waals surface area (Å²) in [5, 5.41) is 4.43. The van der Waals surface area contributed by atoms with Gasteiger partial charge in [0.1, 0.15) is 11.8 Å². The van der Waals surface area contributed by atoms with E-state index in [-0.39, 0.29) is 47.3 Å². The van der Waals surface area contributed by atoms with Crippen LogP contribution in [0.15, 0.2) is 30.7 Å². The lowest BCUT2D eigenvalue weighted by Gasteiger charge is -2.36. The largest absolute Gasteiger partial charge is 0.461 e. The van der Waals surface area contributed by atoms with Crippen LogP contribution in [0.1, 0.15) is 70.9 Å². The number of halogens is 3. The van der Waals surface area contributed by atoms with Gasteiger partial charge in [0.15, 0.2) is 12.0 Å². The molecule has 3 aromatic rings. The number of pyridine rings is 1. The molecule has 3 aromatic heterocycles. The Kier molecular flexibility index (Phi) is 6.86. The van der Waals surface area contributed by atoms with Gasteiger partial charge in [0.2, 0.25) is 5.95 Å². The monoisotopic (exact) mass is 530 g/mol. The first-order valence-electron chi connectivity index (χ1n) is 12.2. The summed E-state index contributed by atoms with van der Waals surface area (Å²) in [4.78, 5) is 39.0. The van der Waals surface area contributed by atoms with Crippen molar-refractivity contribution in [3.63, 3.8) is 0 Å². The average molecular weight is 531 g/mol. The van der Waals surface area contributed by atoms with Gasteiger partial charge in [-0.25, -0.2) is 14.8 Å². The number of hydrogen-bond acceptors (Lipinski definition) is 9. The number of carbonyl (C=O) groups excluding carboxylic acids is 2. The fourth-order valence-electron chi connectivity index (χ4n) is 4.34. The Balaban J connectivity index is 1.54. The molecule has 13 heteroatoms. The van der Waals surface area contributed by atoms with E-state index >= 15 is 0 Å². The average Bonchev–Trinajstić information content (AvgIpc) is 3.63. The number of alkyl halides is 3. The fraction of sp³-hybridized carbons (Fsp3) is 0.440. The molecule has 0 amide bonds. The van der Waals surface area contributed by atoms with Crippen LogP contribution in [0.5, 0.6) is 0 Å². The molecule has 10 nitrogen and oxygen atoms in total. The summed E-state index contributed by atoms with van der Waals surface area (Å²) >= 11 is 0. The number of morpholine rings is 1. The summed E-state index contributed by atoms with van der Waals surface area (Å²) in [7, 11) is 0. The van der Waals surface area contributed by atoms with Crippen molar-refractivity contribution in [2.75, 3.05) is 24.6 Å². The lowest BCUT2D eigenvalue weighted by molar-refractivity contribution is -0.141. The smallest absolute Gasteiger partial charge is 0.433 e. The molecule has 0 bridgehead atoms. The van der Waals surface area contributed by atoms with Crippen LogP contribution in [0.2, 0.25) is 0 Å². The van der Waals surface area contributed by atoms with Crippen molar-refractivity contribution in [3.05, 3.63) is 53.2 Å². The highest BCUT2D eigenvalue weighted by Crippen LogP contribution is 2.36. The first-order chi connectivity index (χ1) is 18.2. The lowest BCUT2D eigenvalue weighted by atomic mass is 10.1. The Hall–Kier alpha value is -3.87. The van der Waals surface area contributed by atoms with Gasteiger partial charge in [-0.15, -0.1) is 0 Å². The maximum Gasteiger partial charge on any atom is 0.433 e. The number of hydrogen-bond donors (Lipinski definition) is 0. The zero-order valence-electron chi connectivity index (χ0n) is 20.7. The quantitative estimate of drug-likeness (QED) is 0.330. The van der Waals surface area contributed by atoms with Gasteiger partial charge < -0.3 is 14.4 Å². The second kappa shape index (κ2) is 10.1. The third-order valence-corrected chi connectivity index (χ3v) is 6.31. The molecule has 1 saturated carbocycles. The van der Waals surface area contributed by atoms with E-state index in [1.807, 2.05) is 22.7 Å². The third kappa shape index (κ3) is 5.23. The first kappa shape index (κ1) is 25.8. The first-order valence-corrected chi connectivity index (χ1v) is 12.2. The van der Waals surface area contributed by atoms with Crippen LogP contribution in [0.25, 0.3) is 11.3 Å². The van der Waals surface area contributed by atoms with Crippen molar-refractivity contribution in [2.45, 2.75) is 51.1 Å². The number of carbonyl (C=O) groups is 2. The minimum atomic E-state index is -4.63. The molecule has 200 valence electrons. The van der Waals surface area contributed by atoms with Gasteiger partial charge in [0.25, 0.3) is 0 Å². The van der Waals surface area contributed by atoms with Crippen LogP contribution in [0, 0.1) is 0 Å². The Morgan fingerprint density at radius 1 is 1.21 bits per heavy atom. The highest BCUT2D eigenvalue weighted by molar-refractivity contribution is 6.00. The second-order valence-electron chi connectivity index (χ2n) is 9.23. The molecule has 0 spiro atoms. The second-order valence-corrected chi connectivity index (χ2v) is 9.23. The van der Waals surface area contributed by atoms with Crippen molar-refractivity contribution in [2.24, 2.45) is 0 Å². The Bertz CT molecular complexity index is 1340. The van der Waals surface area contributed by atoms with Gasteiger partial charge in [0, 0.05) is 30.1 Å². The van der Waals surface area contributed by atoms with Crippen molar-refractivity contribution >= 4 is 18.2 Å². The number of aldehydes is 1. The van der Waals surface area contributed by atoms with Crippen molar-refractivity contribution < 1.29 is 32.2 Å². The molecule has 2 atom stereocenters. The van der Waals surface area contributed by atoms with Crippen LogP contribution in [-0.2, 0) is 15.7 Å². The summed E-state index contributed by atoms with van der Waals surface area (Å²) in [6.45, 7) is 4.23. The van der Waals surface area contributed by atoms with Gasteiger partial charge in [-0.3, -0.25) is 14.5 Å². The number of esters is 1. The summed E-state index contributed by atoms with van der Waals surface area (Å²) in [5.74, 6) is -0.730. The summed E-state index contributed by atoms with van der Waals surface area (Å²) < 4.78 is 52.4. The zero-order valence-corrected chi connectivity index (χ0v) is 20.7. The maximum absolute atomic E-state index is 13.1. The molecule has 1 aliphatic heterocycles. The molecule has 4 heterocycles. The van der Waals surface area contributed by atoms with Crippen molar-refractivity contribution in [1.82, 2.24) is 24.7 Å². The topological polar surface area (TPSA) is 112 Å². The Labute approximate surface area is 215 Å². The minimum Gasteiger partial charge on any atom is -0.461 e. The van der Waals surface area contributed by atoms with Gasteiger partial charge in [-0.2, -0.15) is 18.3 Å². The summed E-state index contributed by atoms with van der Waals surface area (Å²) in [6.07, 6.45) is 2.02. The van der Waals surface area contributed by atoms with Gasteiger partial charge in [-0.1, -0.05) is 0 Å². The molecule has 2 fully saturated rings. The molecule has 0 radical (unpaired) electrons. The van der Waals surface area contributed by atoms with Gasteiger partial charge in [0.05, 0.1) is 42.8 Å². The van der Waals surface area contributed by atoms with Crippen molar-refractivity contribution in [1.29, 1.82) is 0 Å². The van der Waals surface area contributed by atoms with E-state index in [4.69, 9.17) is 9.47 Å². The number of rotatable bonds is 7. The molecule has 38 heavy (non-hydrogen) atoms. The minimum absolute atomic E-state index is 0.0217. The van der Waals surface area contributed by atoms with Crippen LogP contribution in [0.3, 0.4) is 0 Å². The van der Waals surface area contributed by atoms with Gasteiger partial charge >= 0.3 is 12.1 Å². The number of ether oxygens (including phenoxy) is 2. The predicted octanol–water partition coefficient (Wildman–Crippen LogP) is 4.04. The molecule has 0 N–H and O–H groups in total. The van der Waals surface area contributed by atoms with Crippen molar-refractivity contribution in [3.8, 4) is 11.3 Å². The fourth-order valence-corrected chi connectivity index (χ4v) is 4.34. The van der Waals surface area contributed by atoms with E-state index in [2.05, 4.69) is 20.1 Å². The van der Waals surface area contributed by atoms with E-state index in [1.54, 1.807) is 13.1 Å². The van der Waals surface area contributed by atoms with E-state index in [0.717, 1.165) is 36.7 Å². The lowest BCUT2D eigenvalue weighted by Crippen LogP contribution is -2.44. The number of nitrogens with zero attached hydrogens (tertiary/aromatic N) is 6. The highest BCUT2D eigenvalue weighted by atomic mass is 19.4. The molecule has 0 unspecified atom stereocenters. The molecule has 1 aliphatic carbocycles. The predicted molar refractivity (Wildman–Crippen MR) is 128 cm³/mol. The molecule has 0 aromatic carbocycles. The maximum atomic E-state index is 13.1. The summed E-state index contributed by atoms with van der Waals surface area (Å²) in [5.41, 5.74) is -0.582. The SMILES string of the molecule is CCOC(=O)c1nc(N2C[C@@H](C)O[C@@H](c3cnn(C4CC4)c3)C2)nc(-c2ccc(C(F)(F)F)nc2)c1C=O. The standard InChI is InChI=1S/C25H25F3N6O4/c1-3-37-23(36)22-18(13-35)21(15-4-7-20(29-8-15)25(26,27)28)31-24(32-22)33-10-14(2)38-19(12-33)16-9-30-34(11-16)17-5-6-17/h4,7-9,11,13-14,17,19H,3,5-6,10,12H2,1-2H3/t14-,19-/m1/s1. The van der Waals surface area contributed by atoms with Crippen LogP contribution < -0.4 is 4.90 Å². The van der Waals surface area contributed by atoms with E-state index in [1.165, 1.54) is 0 Å². The normalized spacial score (nSPS) is 19.9. The van der Waals surface area contributed by atoms with E-state index in [9.17, 15) is 22.8 Å². The molecule has 2 aliphatic rings. The summed E-state index contributed by atoms with van der Waals surface area (Å²) in [6, 6.07) is 2.35. The van der Waals surface area contributed by atoms with E-state index in [0.29, 0.717) is 25.4 Å². The Morgan fingerprint density at radius 2 is 2.00 bits per heavy atom. The molecule has 1 saturated heterocycles. The number of anilines is 1. The zero-order chi connectivity index (χ0) is 27.0. The molecular weight excluding hydrogens is 505 g/mol. The third-order valence-electron chi connectivity index (χ3n) is 6.31. The van der Waals surface area contributed by atoms with E-state index < -0.39 is 17.8 Å². The van der Waals surface area contributed by atoms with Crippen LogP contribution in [0.4, 0.5) is 19.1 Å². The number of aromatic nitrogens is 5. The van der Waals surface area contributed by atoms with Crippen LogP contribution in [-0.4, -0.2) is 62.8 Å². The van der Waals surface area contributed by atoms with Crippen LogP contribution >= 0.6 is 0 Å². The Morgan fingerprint density at radius 3 is 2.63 bits per heavy atom. The molecular formula is C25H25F3N6O4.